The number of terminal acetylenes is 1. The fraction of sp³-hybridized carbons (Fsp3) is 0.500. The van der Waals surface area contributed by atoms with Gasteiger partial charge >= 0.3 is 0 Å². The Bertz CT molecular complexity index is 527. The van der Waals surface area contributed by atoms with Crippen LogP contribution >= 0.6 is 11.3 Å². The molecule has 6 heteroatoms. The lowest BCUT2D eigenvalue weighted by Crippen LogP contribution is -2.26. The molecule has 1 heterocycles. The van der Waals surface area contributed by atoms with E-state index in [1.807, 2.05) is 19.9 Å². The normalized spacial score (nSPS) is 12.0. The Labute approximate surface area is 113 Å². The van der Waals surface area contributed by atoms with Gasteiger partial charge in [0, 0.05) is 24.5 Å². The average Bonchev–Trinajstić information content (AvgIpc) is 2.75. The van der Waals surface area contributed by atoms with E-state index in [-0.39, 0.29) is 6.54 Å². The Balaban J connectivity index is 2.82. The summed E-state index contributed by atoms with van der Waals surface area (Å²) in [6, 6.07) is 3.83. The van der Waals surface area contributed by atoms with Crippen LogP contribution in [-0.2, 0) is 16.6 Å². The van der Waals surface area contributed by atoms with E-state index in [2.05, 4.69) is 11.2 Å². The van der Waals surface area contributed by atoms with Gasteiger partial charge in [-0.15, -0.1) is 17.8 Å². The summed E-state index contributed by atoms with van der Waals surface area (Å²) >= 11 is 1.28. The van der Waals surface area contributed by atoms with Crippen LogP contribution in [-0.4, -0.2) is 32.4 Å². The number of rotatable bonds is 6. The highest BCUT2D eigenvalue weighted by Gasteiger charge is 2.21. The predicted molar refractivity (Wildman–Crippen MR) is 74.9 cm³/mol. The van der Waals surface area contributed by atoms with Crippen molar-refractivity contribution in [2.45, 2.75) is 30.6 Å². The summed E-state index contributed by atoms with van der Waals surface area (Å²) in [7, 11) is -1.95. The van der Waals surface area contributed by atoms with Crippen molar-refractivity contribution >= 4 is 21.4 Å². The van der Waals surface area contributed by atoms with Gasteiger partial charge in [-0.05, 0) is 12.1 Å². The Morgan fingerprint density at radius 3 is 2.72 bits per heavy atom. The molecule has 18 heavy (non-hydrogen) atoms. The highest BCUT2D eigenvalue weighted by molar-refractivity contribution is 7.91. The van der Waals surface area contributed by atoms with Gasteiger partial charge in [0.15, 0.2) is 0 Å². The number of hydrogen-bond donors (Lipinski definition) is 1. The maximum absolute atomic E-state index is 12.1. The van der Waals surface area contributed by atoms with Gasteiger partial charge in [0.25, 0.3) is 10.0 Å². The largest absolute Gasteiger partial charge is 0.310 e. The van der Waals surface area contributed by atoms with Crippen molar-refractivity contribution in [2.24, 2.45) is 0 Å². The van der Waals surface area contributed by atoms with Gasteiger partial charge in [-0.3, -0.25) is 0 Å². The van der Waals surface area contributed by atoms with Crippen molar-refractivity contribution in [3.05, 3.63) is 17.0 Å². The third-order valence-corrected chi connectivity index (χ3v) is 5.66. The zero-order chi connectivity index (χ0) is 13.8. The lowest BCUT2D eigenvalue weighted by molar-refractivity contribution is 0.505. The van der Waals surface area contributed by atoms with Gasteiger partial charge in [-0.2, -0.15) is 4.31 Å². The van der Waals surface area contributed by atoms with Crippen LogP contribution < -0.4 is 5.32 Å². The Kier molecular flexibility index (Phi) is 5.35. The van der Waals surface area contributed by atoms with Crippen molar-refractivity contribution in [3.63, 3.8) is 0 Å². The van der Waals surface area contributed by atoms with E-state index in [0.717, 1.165) is 4.88 Å². The summed E-state index contributed by atoms with van der Waals surface area (Å²) in [6.45, 7) is 4.86. The summed E-state index contributed by atoms with van der Waals surface area (Å²) in [5.74, 6) is 2.33. The average molecular weight is 286 g/mol. The van der Waals surface area contributed by atoms with Crippen LogP contribution in [0.15, 0.2) is 16.3 Å². The van der Waals surface area contributed by atoms with Crippen molar-refractivity contribution in [2.75, 3.05) is 13.6 Å². The smallest absolute Gasteiger partial charge is 0.253 e. The van der Waals surface area contributed by atoms with Crippen LogP contribution in [0.1, 0.15) is 18.7 Å². The molecule has 0 fully saturated rings. The zero-order valence-corrected chi connectivity index (χ0v) is 12.4. The van der Waals surface area contributed by atoms with E-state index in [0.29, 0.717) is 16.8 Å². The monoisotopic (exact) mass is 286 g/mol. The van der Waals surface area contributed by atoms with Crippen LogP contribution in [0.3, 0.4) is 0 Å². The molecule has 0 unspecified atom stereocenters. The van der Waals surface area contributed by atoms with Crippen molar-refractivity contribution in [1.82, 2.24) is 9.62 Å². The van der Waals surface area contributed by atoms with Crippen molar-refractivity contribution in [1.29, 1.82) is 0 Å². The van der Waals surface area contributed by atoms with Gasteiger partial charge in [-0.1, -0.05) is 19.8 Å². The molecule has 4 nitrogen and oxygen atoms in total. The second-order valence-corrected chi connectivity index (χ2v) is 7.66. The van der Waals surface area contributed by atoms with Crippen molar-refractivity contribution < 1.29 is 8.42 Å². The number of hydrogen-bond acceptors (Lipinski definition) is 4. The molecule has 0 aliphatic rings. The van der Waals surface area contributed by atoms with E-state index >= 15 is 0 Å². The quantitative estimate of drug-likeness (QED) is 0.806. The van der Waals surface area contributed by atoms with Crippen LogP contribution in [0.2, 0.25) is 0 Å². The van der Waals surface area contributed by atoms with E-state index in [1.165, 1.54) is 22.7 Å². The lowest BCUT2D eigenvalue weighted by atomic mass is 10.4. The fourth-order valence-electron chi connectivity index (χ4n) is 1.26. The second-order valence-electron chi connectivity index (χ2n) is 4.22. The molecule has 0 radical (unpaired) electrons. The number of nitrogens with zero attached hydrogens (tertiary/aromatic N) is 1. The standard InChI is InChI=1S/C12H18N2O2S2/c1-5-8-14(4)18(15,16)12-7-6-11(17-12)9-13-10(2)3/h1,6-7,10,13H,8-9H2,2-4H3. The first-order valence-corrected chi connectivity index (χ1v) is 7.85. The summed E-state index contributed by atoms with van der Waals surface area (Å²) in [4.78, 5) is 0.997. The molecule has 0 aliphatic carbocycles. The predicted octanol–water partition coefficient (Wildman–Crippen LogP) is 1.50. The van der Waals surface area contributed by atoms with E-state index in [4.69, 9.17) is 6.42 Å². The molecule has 0 spiro atoms. The molecule has 1 N–H and O–H groups in total. The first-order chi connectivity index (χ1) is 8.37. The first kappa shape index (κ1) is 15.2. The Morgan fingerprint density at radius 2 is 2.17 bits per heavy atom. The molecular weight excluding hydrogens is 268 g/mol. The van der Waals surface area contributed by atoms with Gasteiger partial charge in [-0.25, -0.2) is 8.42 Å². The van der Waals surface area contributed by atoms with Crippen LogP contribution in [0.5, 0.6) is 0 Å². The number of thiophene rings is 1. The minimum atomic E-state index is -3.44. The molecule has 0 amide bonds. The number of nitrogens with one attached hydrogen (secondary N) is 1. The van der Waals surface area contributed by atoms with E-state index in [9.17, 15) is 8.42 Å². The van der Waals surface area contributed by atoms with Gasteiger partial charge in [0.1, 0.15) is 4.21 Å². The fourth-order valence-corrected chi connectivity index (χ4v) is 3.87. The molecule has 0 aliphatic heterocycles. The highest BCUT2D eigenvalue weighted by Crippen LogP contribution is 2.24. The summed E-state index contributed by atoms with van der Waals surface area (Å²) < 4.78 is 25.7. The summed E-state index contributed by atoms with van der Waals surface area (Å²) in [5, 5.41) is 3.25. The highest BCUT2D eigenvalue weighted by atomic mass is 32.2. The SMILES string of the molecule is C#CCN(C)S(=O)(=O)c1ccc(CNC(C)C)s1. The Hall–Kier alpha value is -0.870. The summed E-state index contributed by atoms with van der Waals surface area (Å²) in [5.41, 5.74) is 0. The molecule has 1 aromatic rings. The summed E-state index contributed by atoms with van der Waals surface area (Å²) in [6.07, 6.45) is 5.13. The first-order valence-electron chi connectivity index (χ1n) is 5.60. The molecule has 100 valence electrons. The Morgan fingerprint density at radius 1 is 1.50 bits per heavy atom. The molecule has 0 saturated carbocycles. The van der Waals surface area contributed by atoms with Crippen molar-refractivity contribution in [3.8, 4) is 12.3 Å². The minimum absolute atomic E-state index is 0.0831. The van der Waals surface area contributed by atoms with Crippen LogP contribution in [0, 0.1) is 12.3 Å². The third kappa shape index (κ3) is 3.82. The van der Waals surface area contributed by atoms with Gasteiger partial charge in [0.2, 0.25) is 0 Å². The van der Waals surface area contributed by atoms with Gasteiger partial charge in [0.05, 0.1) is 6.54 Å². The van der Waals surface area contributed by atoms with E-state index in [1.54, 1.807) is 6.07 Å². The molecule has 0 aromatic carbocycles. The topological polar surface area (TPSA) is 49.4 Å². The van der Waals surface area contributed by atoms with Crippen LogP contribution in [0.25, 0.3) is 0 Å². The maximum atomic E-state index is 12.1. The maximum Gasteiger partial charge on any atom is 0.253 e. The molecular formula is C12H18N2O2S2. The molecule has 1 aromatic heterocycles. The minimum Gasteiger partial charge on any atom is -0.310 e. The van der Waals surface area contributed by atoms with Gasteiger partial charge < -0.3 is 5.32 Å². The molecule has 0 saturated heterocycles. The third-order valence-electron chi connectivity index (χ3n) is 2.30. The molecule has 0 atom stereocenters. The second kappa shape index (κ2) is 6.34. The lowest BCUT2D eigenvalue weighted by Gasteiger charge is -2.12. The molecule has 1 rings (SSSR count). The number of sulfonamides is 1. The van der Waals surface area contributed by atoms with Crippen LogP contribution in [0.4, 0.5) is 0 Å². The molecule has 0 bridgehead atoms. The van der Waals surface area contributed by atoms with E-state index < -0.39 is 10.0 Å². The zero-order valence-electron chi connectivity index (χ0n) is 10.8.